The number of carbonyl (C=O) groups is 3. The predicted octanol–water partition coefficient (Wildman–Crippen LogP) is 17.1. The molecule has 0 aliphatic heterocycles. The summed E-state index contributed by atoms with van der Waals surface area (Å²) in [5, 5.41) is 9.80. The number of unbranched alkanes of at least 4 members (excludes halogenated alkanes) is 27. The highest BCUT2D eigenvalue weighted by Gasteiger charge is 2.28. The summed E-state index contributed by atoms with van der Waals surface area (Å²) in [6.07, 6.45) is 58.9. The van der Waals surface area contributed by atoms with Crippen molar-refractivity contribution in [2.45, 2.75) is 277 Å². The Bertz CT molecular complexity index is 1440. The fourth-order valence-corrected chi connectivity index (χ4v) is 8.77. The summed E-state index contributed by atoms with van der Waals surface area (Å²) in [5.74, 6) is -1.49. The van der Waals surface area contributed by atoms with E-state index >= 15 is 0 Å². The van der Waals surface area contributed by atoms with Crippen molar-refractivity contribution in [3.8, 4) is 0 Å². The summed E-state index contributed by atoms with van der Waals surface area (Å²) in [4.78, 5) is 48.5. The van der Waals surface area contributed by atoms with Crippen molar-refractivity contribution in [3.05, 3.63) is 60.8 Å². The SMILES string of the molecule is CC/C=C\C/C=C\C/C=C\CCCCCC(=O)OC(CO)COP(=O)(O)OCC(COC(=O)CCCCCCCCCCCCCCC)OC(=O)CCCCCCCCCCC/C=C\C/C=C\CCCCC. The molecule has 0 saturated carbocycles. The second kappa shape index (κ2) is 54.4. The Labute approximate surface area is 440 Å². The topological polar surface area (TPSA) is 155 Å². The summed E-state index contributed by atoms with van der Waals surface area (Å²) < 4.78 is 39.5. The second-order valence-electron chi connectivity index (χ2n) is 19.4. The van der Waals surface area contributed by atoms with E-state index in [0.29, 0.717) is 19.3 Å². The molecule has 0 fully saturated rings. The third kappa shape index (κ3) is 52.1. The van der Waals surface area contributed by atoms with Crippen LogP contribution in [0.2, 0.25) is 0 Å². The Kier molecular flexibility index (Phi) is 52.3. The van der Waals surface area contributed by atoms with E-state index in [1.165, 1.54) is 116 Å². The molecule has 0 saturated heterocycles. The average molecular weight is 1040 g/mol. The lowest BCUT2D eigenvalue weighted by Crippen LogP contribution is -2.30. The first-order valence-corrected chi connectivity index (χ1v) is 30.7. The number of phosphoric ester groups is 1. The number of esters is 3. The molecule has 0 rings (SSSR count). The number of rotatable bonds is 54. The molecule has 0 aromatic heterocycles. The number of aliphatic hydroxyl groups is 1. The molecule has 0 heterocycles. The maximum absolute atomic E-state index is 12.9. The molecule has 0 bridgehead atoms. The fourth-order valence-electron chi connectivity index (χ4n) is 7.99. The van der Waals surface area contributed by atoms with Gasteiger partial charge in [-0.2, -0.15) is 0 Å². The molecule has 72 heavy (non-hydrogen) atoms. The van der Waals surface area contributed by atoms with Crippen LogP contribution in [0.5, 0.6) is 0 Å². The van der Waals surface area contributed by atoms with Gasteiger partial charge in [-0.15, -0.1) is 0 Å². The number of carbonyl (C=O) groups excluding carboxylic acids is 3. The van der Waals surface area contributed by atoms with Crippen LogP contribution in [0, 0.1) is 0 Å². The molecule has 0 aromatic rings. The van der Waals surface area contributed by atoms with E-state index in [9.17, 15) is 28.9 Å². The lowest BCUT2D eigenvalue weighted by molar-refractivity contribution is -0.161. The van der Waals surface area contributed by atoms with E-state index in [0.717, 1.165) is 89.9 Å². The number of hydrogen-bond acceptors (Lipinski definition) is 10. The summed E-state index contributed by atoms with van der Waals surface area (Å²) in [6, 6.07) is 0. The molecule has 0 radical (unpaired) electrons. The molecular formula is C60H107O11P. The summed E-state index contributed by atoms with van der Waals surface area (Å²) in [7, 11) is -4.75. The van der Waals surface area contributed by atoms with Gasteiger partial charge in [-0.1, -0.05) is 223 Å². The van der Waals surface area contributed by atoms with Gasteiger partial charge in [-0.3, -0.25) is 23.4 Å². The van der Waals surface area contributed by atoms with Gasteiger partial charge >= 0.3 is 25.7 Å². The summed E-state index contributed by atoms with van der Waals surface area (Å²) in [5.41, 5.74) is 0. The lowest BCUT2D eigenvalue weighted by atomic mass is 10.0. The molecule has 11 nitrogen and oxygen atoms in total. The average Bonchev–Trinajstić information content (AvgIpc) is 3.37. The Morgan fingerprint density at radius 2 is 0.722 bits per heavy atom. The van der Waals surface area contributed by atoms with Crippen LogP contribution in [0.4, 0.5) is 0 Å². The van der Waals surface area contributed by atoms with Crippen molar-refractivity contribution in [2.75, 3.05) is 26.4 Å². The van der Waals surface area contributed by atoms with Crippen molar-refractivity contribution < 1.29 is 52.2 Å². The first-order chi connectivity index (χ1) is 35.2. The predicted molar refractivity (Wildman–Crippen MR) is 298 cm³/mol. The number of aliphatic hydroxyl groups excluding tert-OH is 1. The van der Waals surface area contributed by atoms with Crippen LogP contribution in [0.25, 0.3) is 0 Å². The van der Waals surface area contributed by atoms with E-state index in [1.807, 2.05) is 0 Å². The van der Waals surface area contributed by atoms with Crippen LogP contribution in [-0.2, 0) is 42.2 Å². The molecule has 3 unspecified atom stereocenters. The van der Waals surface area contributed by atoms with Gasteiger partial charge in [0.2, 0.25) is 0 Å². The third-order valence-electron chi connectivity index (χ3n) is 12.4. The molecule has 0 amide bonds. The Balaban J connectivity index is 4.72. The van der Waals surface area contributed by atoms with E-state index < -0.39 is 57.8 Å². The molecule has 0 aromatic carbocycles. The van der Waals surface area contributed by atoms with Crippen molar-refractivity contribution >= 4 is 25.7 Å². The molecule has 0 spiro atoms. The second-order valence-corrected chi connectivity index (χ2v) is 20.9. The number of allylic oxidation sites excluding steroid dienone is 10. The molecule has 418 valence electrons. The molecule has 0 aliphatic carbocycles. The van der Waals surface area contributed by atoms with Crippen molar-refractivity contribution in [3.63, 3.8) is 0 Å². The van der Waals surface area contributed by atoms with Crippen molar-refractivity contribution in [1.29, 1.82) is 0 Å². The lowest BCUT2D eigenvalue weighted by Gasteiger charge is -2.21. The van der Waals surface area contributed by atoms with Crippen LogP contribution in [-0.4, -0.2) is 66.5 Å². The van der Waals surface area contributed by atoms with E-state index in [-0.39, 0.29) is 25.9 Å². The normalized spacial score (nSPS) is 13.8. The standard InChI is InChI=1S/C60H107O11P/c1-4-7-10-13-16-19-22-25-26-27-28-29-30-33-36-39-42-45-48-51-60(64)71-57(53-67-58(62)49-46-43-40-37-34-31-23-20-17-14-11-8-5-2)55-69-72(65,66)68-54-56(52-61)70-59(63)50-47-44-41-38-35-32-24-21-18-15-12-9-6-3/h9,12,16,18-19,21,25-26,32,35,56-57,61H,4-8,10-11,13-15,17,20,22-24,27-31,33-34,36-55H2,1-3H3,(H,65,66)/b12-9-,19-16-,21-18-,26-25-,35-32-. The quantitative estimate of drug-likeness (QED) is 0.0197. The smallest absolute Gasteiger partial charge is 0.462 e. The number of phosphoric acid groups is 1. The van der Waals surface area contributed by atoms with Gasteiger partial charge in [-0.25, -0.2) is 4.57 Å². The maximum atomic E-state index is 12.9. The van der Waals surface area contributed by atoms with Gasteiger partial charge in [0.15, 0.2) is 6.10 Å². The van der Waals surface area contributed by atoms with Crippen LogP contribution < -0.4 is 0 Å². The van der Waals surface area contributed by atoms with Gasteiger partial charge in [0, 0.05) is 19.3 Å². The first kappa shape index (κ1) is 69.2. The van der Waals surface area contributed by atoms with Crippen molar-refractivity contribution in [2.24, 2.45) is 0 Å². The highest BCUT2D eigenvalue weighted by atomic mass is 31.2. The van der Waals surface area contributed by atoms with Crippen molar-refractivity contribution in [1.82, 2.24) is 0 Å². The van der Waals surface area contributed by atoms with Gasteiger partial charge in [-0.05, 0) is 83.5 Å². The van der Waals surface area contributed by atoms with Gasteiger partial charge in [0.05, 0.1) is 19.8 Å². The highest BCUT2D eigenvalue weighted by molar-refractivity contribution is 7.47. The molecule has 0 aliphatic rings. The van der Waals surface area contributed by atoms with Gasteiger partial charge < -0.3 is 24.2 Å². The molecule has 3 atom stereocenters. The van der Waals surface area contributed by atoms with Gasteiger partial charge in [0.25, 0.3) is 0 Å². The van der Waals surface area contributed by atoms with Crippen LogP contribution in [0.1, 0.15) is 265 Å². The minimum absolute atomic E-state index is 0.142. The number of hydrogen-bond donors (Lipinski definition) is 2. The minimum Gasteiger partial charge on any atom is -0.462 e. The minimum atomic E-state index is -4.75. The van der Waals surface area contributed by atoms with E-state index in [4.69, 9.17) is 23.3 Å². The highest BCUT2D eigenvalue weighted by Crippen LogP contribution is 2.43. The van der Waals surface area contributed by atoms with Crippen LogP contribution >= 0.6 is 7.82 Å². The van der Waals surface area contributed by atoms with E-state index in [1.54, 1.807) is 0 Å². The summed E-state index contributed by atoms with van der Waals surface area (Å²) in [6.45, 7) is 4.49. The summed E-state index contributed by atoms with van der Waals surface area (Å²) >= 11 is 0. The fraction of sp³-hybridized carbons (Fsp3) is 0.783. The Hall–Kier alpha value is -2.82. The monoisotopic (exact) mass is 1030 g/mol. The largest absolute Gasteiger partial charge is 0.472 e. The zero-order valence-electron chi connectivity index (χ0n) is 46.1. The molecule has 12 heteroatoms. The zero-order chi connectivity index (χ0) is 52.7. The molecule has 2 N–H and O–H groups in total. The van der Waals surface area contributed by atoms with Crippen LogP contribution in [0.3, 0.4) is 0 Å². The Morgan fingerprint density at radius 1 is 0.403 bits per heavy atom. The van der Waals surface area contributed by atoms with Crippen LogP contribution in [0.15, 0.2) is 60.8 Å². The van der Waals surface area contributed by atoms with Gasteiger partial charge in [0.1, 0.15) is 12.7 Å². The number of ether oxygens (including phenoxy) is 3. The molecular weight excluding hydrogens is 928 g/mol. The maximum Gasteiger partial charge on any atom is 0.472 e. The van der Waals surface area contributed by atoms with E-state index in [2.05, 4.69) is 81.5 Å². The third-order valence-corrected chi connectivity index (χ3v) is 13.4. The first-order valence-electron chi connectivity index (χ1n) is 29.2. The zero-order valence-corrected chi connectivity index (χ0v) is 47.0. The Morgan fingerprint density at radius 3 is 1.15 bits per heavy atom.